The summed E-state index contributed by atoms with van der Waals surface area (Å²) in [5.74, 6) is -0.896. The zero-order valence-electron chi connectivity index (χ0n) is 15.4. The molecule has 1 unspecified atom stereocenters. The lowest BCUT2D eigenvalue weighted by molar-refractivity contribution is -0.137. The number of ether oxygens (including phenoxy) is 1. The van der Waals surface area contributed by atoms with E-state index >= 15 is 0 Å². The Balaban J connectivity index is 1.63. The van der Waals surface area contributed by atoms with Crippen LogP contribution in [0, 0.1) is 0 Å². The lowest BCUT2D eigenvalue weighted by Gasteiger charge is -2.18. The number of carboxylic acid groups (broad SMARTS) is 1. The van der Waals surface area contributed by atoms with Gasteiger partial charge in [0, 0.05) is 24.0 Å². The number of pyridine rings is 1. The van der Waals surface area contributed by atoms with Gasteiger partial charge in [0.2, 0.25) is 0 Å². The average Bonchev–Trinajstić information content (AvgIpc) is 2.71. The van der Waals surface area contributed by atoms with Crippen LogP contribution in [0.2, 0.25) is 0 Å². The van der Waals surface area contributed by atoms with Crippen LogP contribution in [0.1, 0.15) is 24.0 Å². The molecule has 0 radical (unpaired) electrons. The van der Waals surface area contributed by atoms with E-state index in [1.165, 1.54) is 0 Å². The predicted octanol–water partition coefficient (Wildman–Crippen LogP) is 3.94. The number of carbonyl (C=O) groups is 2. The van der Waals surface area contributed by atoms with Crippen molar-refractivity contribution in [3.8, 4) is 0 Å². The minimum Gasteiger partial charge on any atom is -0.481 e. The van der Waals surface area contributed by atoms with E-state index in [4.69, 9.17) is 9.84 Å². The van der Waals surface area contributed by atoms with Gasteiger partial charge in [-0.2, -0.15) is 0 Å². The van der Waals surface area contributed by atoms with Crippen LogP contribution < -0.4 is 5.32 Å². The summed E-state index contributed by atoms with van der Waals surface area (Å²) in [6.07, 6.45) is 1.99. The highest BCUT2D eigenvalue weighted by molar-refractivity contribution is 5.79. The van der Waals surface area contributed by atoms with E-state index in [1.807, 2.05) is 60.7 Å². The summed E-state index contributed by atoms with van der Waals surface area (Å²) < 4.78 is 5.27. The Hall–Kier alpha value is -3.41. The first kappa shape index (κ1) is 19.4. The topological polar surface area (TPSA) is 88.5 Å². The number of fused-ring (bicyclic) bond motifs is 1. The summed E-state index contributed by atoms with van der Waals surface area (Å²) in [6, 6.07) is 18.8. The third kappa shape index (κ3) is 5.81. The van der Waals surface area contributed by atoms with Gasteiger partial charge < -0.3 is 15.2 Å². The minimum absolute atomic E-state index is 0.0290. The summed E-state index contributed by atoms with van der Waals surface area (Å²) in [7, 11) is 0. The molecule has 6 nitrogen and oxygen atoms in total. The average molecular weight is 378 g/mol. The van der Waals surface area contributed by atoms with Crippen molar-refractivity contribution in [3.05, 3.63) is 78.0 Å². The van der Waals surface area contributed by atoms with Gasteiger partial charge >= 0.3 is 12.1 Å². The van der Waals surface area contributed by atoms with Crippen LogP contribution in [0.25, 0.3) is 10.9 Å². The second-order valence-corrected chi connectivity index (χ2v) is 6.57. The molecule has 1 atom stereocenters. The van der Waals surface area contributed by atoms with E-state index in [2.05, 4.69) is 10.3 Å². The third-order valence-corrected chi connectivity index (χ3v) is 4.39. The molecule has 1 heterocycles. The second-order valence-electron chi connectivity index (χ2n) is 6.57. The van der Waals surface area contributed by atoms with Crippen molar-refractivity contribution in [1.29, 1.82) is 0 Å². The molecule has 0 saturated heterocycles. The lowest BCUT2D eigenvalue weighted by Crippen LogP contribution is -2.37. The van der Waals surface area contributed by atoms with Gasteiger partial charge in [0.15, 0.2) is 0 Å². The number of nitrogens with one attached hydrogen (secondary N) is 1. The molecule has 0 fully saturated rings. The summed E-state index contributed by atoms with van der Waals surface area (Å²) >= 11 is 0. The number of benzene rings is 2. The van der Waals surface area contributed by atoms with Crippen LogP contribution >= 0.6 is 0 Å². The maximum atomic E-state index is 12.2. The monoisotopic (exact) mass is 378 g/mol. The molecular formula is C22H22N2O4. The number of alkyl carbamates (subject to hydrolysis) is 1. The van der Waals surface area contributed by atoms with Crippen molar-refractivity contribution in [3.63, 3.8) is 0 Å². The quantitative estimate of drug-likeness (QED) is 0.620. The van der Waals surface area contributed by atoms with E-state index in [9.17, 15) is 9.59 Å². The van der Waals surface area contributed by atoms with Crippen molar-refractivity contribution in [2.24, 2.45) is 0 Å². The number of aromatic nitrogens is 1. The summed E-state index contributed by atoms with van der Waals surface area (Å²) in [5.41, 5.74) is 2.78. The molecule has 144 valence electrons. The molecule has 3 aromatic rings. The number of amides is 1. The number of carboxylic acids is 1. The Morgan fingerprint density at radius 1 is 1.04 bits per heavy atom. The third-order valence-electron chi connectivity index (χ3n) is 4.39. The van der Waals surface area contributed by atoms with Crippen molar-refractivity contribution >= 4 is 23.0 Å². The van der Waals surface area contributed by atoms with Gasteiger partial charge in [0.1, 0.15) is 6.61 Å². The Labute approximate surface area is 163 Å². The van der Waals surface area contributed by atoms with Gasteiger partial charge in [-0.1, -0.05) is 42.5 Å². The number of carbonyl (C=O) groups excluding carboxylic acids is 1. The molecule has 28 heavy (non-hydrogen) atoms. The van der Waals surface area contributed by atoms with E-state index in [0.717, 1.165) is 22.0 Å². The van der Waals surface area contributed by atoms with Crippen LogP contribution in [-0.4, -0.2) is 28.2 Å². The predicted molar refractivity (Wildman–Crippen MR) is 106 cm³/mol. The molecule has 1 aromatic heterocycles. The molecule has 1 amide bonds. The Kier molecular flexibility index (Phi) is 6.57. The first-order valence-corrected chi connectivity index (χ1v) is 9.13. The van der Waals surface area contributed by atoms with Gasteiger partial charge in [-0.25, -0.2) is 4.79 Å². The van der Waals surface area contributed by atoms with E-state index in [0.29, 0.717) is 12.8 Å². The Morgan fingerprint density at radius 2 is 1.86 bits per heavy atom. The first-order valence-electron chi connectivity index (χ1n) is 9.13. The SMILES string of the molecule is O=C(O)CCC(Cc1ccc2ncccc2c1)NC(=O)OCc1ccccc1. The summed E-state index contributed by atoms with van der Waals surface area (Å²) in [6.45, 7) is 0.167. The van der Waals surface area contributed by atoms with E-state index < -0.39 is 12.1 Å². The highest BCUT2D eigenvalue weighted by atomic mass is 16.5. The van der Waals surface area contributed by atoms with Crippen LogP contribution in [0.15, 0.2) is 66.9 Å². The van der Waals surface area contributed by atoms with E-state index in [-0.39, 0.29) is 19.1 Å². The molecule has 2 aromatic carbocycles. The second kappa shape index (κ2) is 9.50. The molecule has 0 spiro atoms. The molecule has 0 aliphatic heterocycles. The van der Waals surface area contributed by atoms with Gasteiger partial charge in [0.05, 0.1) is 5.52 Å². The minimum atomic E-state index is -0.896. The van der Waals surface area contributed by atoms with Crippen molar-refractivity contribution in [2.45, 2.75) is 31.9 Å². The Bertz CT molecular complexity index is 943. The van der Waals surface area contributed by atoms with Crippen molar-refractivity contribution in [2.75, 3.05) is 0 Å². The Morgan fingerprint density at radius 3 is 2.64 bits per heavy atom. The fourth-order valence-corrected chi connectivity index (χ4v) is 2.99. The number of nitrogens with zero attached hydrogens (tertiary/aromatic N) is 1. The molecule has 2 N–H and O–H groups in total. The maximum Gasteiger partial charge on any atom is 0.407 e. The normalized spacial score (nSPS) is 11.7. The van der Waals surface area contributed by atoms with Crippen LogP contribution in [0.5, 0.6) is 0 Å². The van der Waals surface area contributed by atoms with Crippen LogP contribution in [0.4, 0.5) is 4.79 Å². The highest BCUT2D eigenvalue weighted by Crippen LogP contribution is 2.16. The zero-order chi connectivity index (χ0) is 19.8. The summed E-state index contributed by atoms with van der Waals surface area (Å²) in [4.78, 5) is 27.5. The largest absolute Gasteiger partial charge is 0.481 e. The number of hydrogen-bond donors (Lipinski definition) is 2. The van der Waals surface area contributed by atoms with Crippen LogP contribution in [-0.2, 0) is 22.6 Å². The molecule has 0 aliphatic carbocycles. The number of hydrogen-bond acceptors (Lipinski definition) is 4. The van der Waals surface area contributed by atoms with Gasteiger partial charge in [0.25, 0.3) is 0 Å². The zero-order valence-corrected chi connectivity index (χ0v) is 15.4. The summed E-state index contributed by atoms with van der Waals surface area (Å²) in [5, 5.41) is 12.8. The van der Waals surface area contributed by atoms with Gasteiger partial charge in [-0.05, 0) is 42.2 Å². The molecular weight excluding hydrogens is 356 g/mol. The molecule has 0 aliphatic rings. The number of rotatable bonds is 8. The van der Waals surface area contributed by atoms with E-state index in [1.54, 1.807) is 6.20 Å². The smallest absolute Gasteiger partial charge is 0.407 e. The highest BCUT2D eigenvalue weighted by Gasteiger charge is 2.16. The lowest BCUT2D eigenvalue weighted by atomic mass is 10.0. The van der Waals surface area contributed by atoms with Gasteiger partial charge in [-0.15, -0.1) is 0 Å². The molecule has 6 heteroatoms. The molecule has 0 saturated carbocycles. The van der Waals surface area contributed by atoms with Crippen molar-refractivity contribution in [1.82, 2.24) is 10.3 Å². The fourth-order valence-electron chi connectivity index (χ4n) is 2.99. The van der Waals surface area contributed by atoms with Gasteiger partial charge in [-0.3, -0.25) is 9.78 Å². The molecule has 0 bridgehead atoms. The number of aliphatic carboxylic acids is 1. The van der Waals surface area contributed by atoms with Crippen molar-refractivity contribution < 1.29 is 19.4 Å². The fraction of sp³-hybridized carbons (Fsp3) is 0.227. The first-order chi connectivity index (χ1) is 13.6. The standard InChI is InChI=1S/C22H22N2O4/c25-21(26)11-9-19(24-22(27)28-15-16-5-2-1-3-6-16)14-17-8-10-20-18(13-17)7-4-12-23-20/h1-8,10,12-13,19H,9,11,14-15H2,(H,24,27)(H,25,26). The maximum absolute atomic E-state index is 12.2. The van der Waals surface area contributed by atoms with Crippen LogP contribution in [0.3, 0.4) is 0 Å². The molecule has 3 rings (SSSR count).